The van der Waals surface area contributed by atoms with E-state index in [0.29, 0.717) is 111 Å². The highest BCUT2D eigenvalue weighted by molar-refractivity contribution is 6.21. The van der Waals surface area contributed by atoms with E-state index in [-0.39, 0.29) is 31.1 Å². The minimum Gasteiger partial charge on any atom is -0.404 e. The van der Waals surface area contributed by atoms with Gasteiger partial charge in [0.05, 0.1) is 75.6 Å². The molecular weight excluding hydrogens is 873 g/mol. The van der Waals surface area contributed by atoms with E-state index in [1.54, 1.807) is 48.5 Å². The van der Waals surface area contributed by atoms with Gasteiger partial charge in [-0.15, -0.1) is 0 Å². The summed E-state index contributed by atoms with van der Waals surface area (Å²) in [4.78, 5) is 74.8. The number of ketones is 1. The fourth-order valence-corrected chi connectivity index (χ4v) is 8.86. The van der Waals surface area contributed by atoms with Crippen LogP contribution >= 0.6 is 0 Å². The van der Waals surface area contributed by atoms with E-state index in [4.69, 9.17) is 24.7 Å². The van der Waals surface area contributed by atoms with Crippen LogP contribution in [0.3, 0.4) is 0 Å². The van der Waals surface area contributed by atoms with Gasteiger partial charge >= 0.3 is 0 Å². The number of nitrogens with two attached hydrogens (primary N) is 1. The molecule has 4 aromatic rings. The first-order valence-electron chi connectivity index (χ1n) is 22.8. The number of likely N-dealkylation sites (N-methyl/N-ethyl adjacent to an activating group) is 1. The quantitative estimate of drug-likeness (QED) is 0.0429. The van der Waals surface area contributed by atoms with Gasteiger partial charge in [-0.25, -0.2) is 0 Å². The number of aliphatic hydroxyl groups excluding tert-OH is 1. The lowest BCUT2D eigenvalue weighted by Crippen LogP contribution is -2.53. The minimum atomic E-state index is -1.29. The molecule has 6 N–H and O–H groups in total. The molecule has 18 heteroatoms. The van der Waals surface area contributed by atoms with Gasteiger partial charge in [0.25, 0.3) is 5.91 Å². The number of aryl methyl sites for hydroxylation is 1. The molecule has 7 rings (SSSR count). The zero-order chi connectivity index (χ0) is 48.5. The summed E-state index contributed by atoms with van der Waals surface area (Å²) in [6.45, 7) is 9.60. The maximum atomic E-state index is 14.0. The lowest BCUT2D eigenvalue weighted by Gasteiger charge is -2.33. The average Bonchev–Trinajstić information content (AvgIpc) is 3.85. The second-order valence-electron chi connectivity index (χ2n) is 17.2. The fourth-order valence-electron chi connectivity index (χ4n) is 8.86. The number of anilines is 1. The number of aromatic nitrogens is 1. The summed E-state index contributed by atoms with van der Waals surface area (Å²) in [6.07, 6.45) is 2.65. The number of piperidine rings is 1. The molecule has 3 aromatic carbocycles. The Labute approximate surface area is 394 Å². The largest absolute Gasteiger partial charge is 0.404 e. The summed E-state index contributed by atoms with van der Waals surface area (Å²) in [6, 6.07) is 15.6. The van der Waals surface area contributed by atoms with Crippen molar-refractivity contribution in [3.63, 3.8) is 0 Å². The number of H-pyrrole nitrogens is 1. The molecule has 2 unspecified atom stereocenters. The average molecular weight is 931 g/mol. The molecule has 4 amide bonds. The third-order valence-electron chi connectivity index (χ3n) is 12.6. The van der Waals surface area contributed by atoms with Gasteiger partial charge in [0.15, 0.2) is 12.0 Å². The zero-order valence-corrected chi connectivity index (χ0v) is 38.8. The van der Waals surface area contributed by atoms with E-state index in [1.807, 2.05) is 25.1 Å². The summed E-state index contributed by atoms with van der Waals surface area (Å²) in [5, 5.41) is 26.5. The molecule has 1 aliphatic carbocycles. The van der Waals surface area contributed by atoms with Gasteiger partial charge in [-0.05, 0) is 59.9 Å². The molecule has 0 radical (unpaired) electrons. The van der Waals surface area contributed by atoms with E-state index in [9.17, 15) is 34.3 Å². The molecule has 358 valence electrons. The second kappa shape index (κ2) is 21.9. The Bertz CT molecular complexity index is 2680. The number of aliphatic hydroxyl groups is 1. The van der Waals surface area contributed by atoms with Gasteiger partial charge in [-0.3, -0.25) is 39.2 Å². The van der Waals surface area contributed by atoms with E-state index in [0.717, 1.165) is 38.2 Å². The number of nitrogens with zero attached hydrogens (tertiary/aromatic N) is 4. The first-order chi connectivity index (χ1) is 32.8. The Hall–Kier alpha value is -6.75. The molecule has 3 aliphatic rings. The molecule has 0 saturated carbocycles. The number of fused-ring (bicyclic) bond motifs is 5. The second-order valence-corrected chi connectivity index (χ2v) is 17.2. The number of carbonyl (C=O) groups is 5. The number of imide groups is 1. The van der Waals surface area contributed by atoms with Gasteiger partial charge in [0, 0.05) is 83.4 Å². The van der Waals surface area contributed by atoms with Crippen molar-refractivity contribution in [3.8, 4) is 6.07 Å². The number of allylic oxidation sites excluding steroid dienone is 1. The predicted octanol–water partition coefficient (Wildman–Crippen LogP) is 3.73. The number of nitrogens with one attached hydrogen (secondary N) is 3. The number of hydrogen-bond acceptors (Lipinski definition) is 14. The van der Waals surface area contributed by atoms with Crippen LogP contribution in [-0.4, -0.2) is 141 Å². The Kier molecular flexibility index (Phi) is 15.8. The summed E-state index contributed by atoms with van der Waals surface area (Å²) in [7, 11) is 1.69. The highest BCUT2D eigenvalue weighted by atomic mass is 16.6. The standard InChI is InChI=1S/C50H58N8O10/c1-5-31-24-36-37(50(2,3)46-44(45(36)61)33-10-9-30(26-51)23-39(33)55-46)25-35(31)32(27-52)28-53-29-42(60)57(4)14-16-66-18-20-68-22-21-67-19-17-65-15-13-54-38-8-6-7-34-43(38)49(64)58(48(34)63)40-11-12-41(59)56-47(40)62/h6-10,23-25,27-28,40,48,54-55,63H,5,11-22,29,52H2,1-4H3,(H,56,59,62). The summed E-state index contributed by atoms with van der Waals surface area (Å²) in [5.74, 6) is -1.74. The molecule has 3 heterocycles. The fraction of sp³-hybridized carbons (Fsp3) is 0.420. The van der Waals surface area contributed by atoms with Gasteiger partial charge < -0.3 is 45.0 Å². The normalized spacial score (nSPS) is 17.6. The number of aromatic amines is 1. The summed E-state index contributed by atoms with van der Waals surface area (Å²) in [5.41, 5.74) is 13.3. The number of aliphatic imine (C=N–C) groups is 1. The number of carbonyl (C=O) groups excluding carboxylic acids is 5. The monoisotopic (exact) mass is 930 g/mol. The van der Waals surface area contributed by atoms with Crippen molar-refractivity contribution in [2.24, 2.45) is 10.7 Å². The van der Waals surface area contributed by atoms with Crippen LogP contribution < -0.4 is 16.4 Å². The van der Waals surface area contributed by atoms with E-state index < -0.39 is 35.4 Å². The number of amides is 4. The first kappa shape index (κ1) is 49.2. The number of rotatable bonds is 22. The number of nitriles is 1. The summed E-state index contributed by atoms with van der Waals surface area (Å²) >= 11 is 0. The number of ether oxygens (including phenoxy) is 4. The van der Waals surface area contributed by atoms with Gasteiger partial charge in [0.1, 0.15) is 12.6 Å². The minimum absolute atomic E-state index is 0.0702. The zero-order valence-electron chi connectivity index (χ0n) is 38.8. The third kappa shape index (κ3) is 10.4. The lowest BCUT2D eigenvalue weighted by molar-refractivity contribution is -0.139. The Morgan fingerprint density at radius 1 is 1.00 bits per heavy atom. The predicted molar refractivity (Wildman–Crippen MR) is 253 cm³/mol. The van der Waals surface area contributed by atoms with E-state index in [1.165, 1.54) is 6.20 Å². The van der Waals surface area contributed by atoms with Crippen LogP contribution in [0.4, 0.5) is 5.69 Å². The van der Waals surface area contributed by atoms with Crippen LogP contribution in [0, 0.1) is 11.3 Å². The topological polar surface area (TPSA) is 251 Å². The van der Waals surface area contributed by atoms with Crippen molar-refractivity contribution in [2.45, 2.75) is 57.7 Å². The smallest absolute Gasteiger partial charge is 0.259 e. The van der Waals surface area contributed by atoms with E-state index in [2.05, 4.69) is 40.5 Å². The molecule has 2 atom stereocenters. The summed E-state index contributed by atoms with van der Waals surface area (Å²) < 4.78 is 22.5. The Morgan fingerprint density at radius 3 is 2.38 bits per heavy atom. The van der Waals surface area contributed by atoms with Crippen molar-refractivity contribution < 1.29 is 48.0 Å². The maximum Gasteiger partial charge on any atom is 0.259 e. The van der Waals surface area contributed by atoms with Crippen LogP contribution in [0.1, 0.15) is 99.6 Å². The van der Waals surface area contributed by atoms with Gasteiger partial charge in [0.2, 0.25) is 17.7 Å². The van der Waals surface area contributed by atoms with E-state index >= 15 is 0 Å². The first-order valence-corrected chi connectivity index (χ1v) is 22.8. The molecule has 1 fully saturated rings. The van der Waals surface area contributed by atoms with Crippen molar-refractivity contribution >= 4 is 57.8 Å². The van der Waals surface area contributed by atoms with Crippen LogP contribution in [0.15, 0.2) is 59.7 Å². The van der Waals surface area contributed by atoms with Gasteiger partial charge in [-0.2, -0.15) is 5.26 Å². The van der Waals surface area contributed by atoms with Crippen molar-refractivity contribution in [3.05, 3.63) is 105 Å². The van der Waals surface area contributed by atoms with Crippen LogP contribution in [0.5, 0.6) is 0 Å². The Balaban J connectivity index is 0.753. The van der Waals surface area contributed by atoms with Gasteiger partial charge in [-0.1, -0.05) is 39.0 Å². The number of benzene rings is 3. The molecule has 0 bridgehead atoms. The third-order valence-corrected chi connectivity index (χ3v) is 12.6. The van der Waals surface area contributed by atoms with Crippen molar-refractivity contribution in [2.75, 3.05) is 84.9 Å². The molecule has 18 nitrogen and oxygen atoms in total. The highest BCUT2D eigenvalue weighted by Crippen LogP contribution is 2.45. The van der Waals surface area contributed by atoms with Crippen LogP contribution in [0.2, 0.25) is 0 Å². The Morgan fingerprint density at radius 2 is 1.71 bits per heavy atom. The maximum absolute atomic E-state index is 14.0. The van der Waals surface area contributed by atoms with Crippen LogP contribution in [-0.2, 0) is 45.2 Å². The highest BCUT2D eigenvalue weighted by Gasteiger charge is 2.45. The number of hydrogen-bond donors (Lipinski definition) is 5. The molecule has 68 heavy (non-hydrogen) atoms. The van der Waals surface area contributed by atoms with Crippen molar-refractivity contribution in [1.82, 2.24) is 20.1 Å². The SMILES string of the molecule is CCc1cc2c(cc1C(C=NCC(=O)N(C)CCOCCOCCOCCOCCNc1cccc3c1C(=O)N(C1CCC(=O)NC1=O)C3O)=CN)C(C)(C)c1[nH]c3cc(C#N)ccc3c1C2=O. The molecular formula is C50H58N8O10. The lowest BCUT2D eigenvalue weighted by atomic mass is 9.70. The molecule has 1 saturated heterocycles. The van der Waals surface area contributed by atoms with Crippen LogP contribution in [0.25, 0.3) is 16.5 Å². The van der Waals surface area contributed by atoms with Crippen molar-refractivity contribution in [1.29, 1.82) is 5.26 Å². The molecule has 0 spiro atoms. The molecule has 2 aliphatic heterocycles. The molecule has 1 aromatic heterocycles.